The van der Waals surface area contributed by atoms with Crippen LogP contribution in [-0.2, 0) is 6.42 Å². The molecule has 0 bridgehead atoms. The van der Waals surface area contributed by atoms with Crippen LogP contribution in [0.1, 0.15) is 12.0 Å². The molecule has 0 aromatic heterocycles. The molecule has 1 aromatic rings. The van der Waals surface area contributed by atoms with Gasteiger partial charge in [0.15, 0.2) is 0 Å². The normalized spacial score (nSPS) is 20.2. The highest BCUT2D eigenvalue weighted by atomic mass is 19.1. The fraction of sp³-hybridized carbons (Fsp3) is 0.500. The van der Waals surface area contributed by atoms with Gasteiger partial charge >= 0.3 is 0 Å². The van der Waals surface area contributed by atoms with Crippen LogP contribution in [0.4, 0.5) is 4.39 Å². The van der Waals surface area contributed by atoms with E-state index >= 15 is 0 Å². The second kappa shape index (κ2) is 5.12. The van der Waals surface area contributed by atoms with Gasteiger partial charge in [0.2, 0.25) is 0 Å². The standard InChI is InChI=1S/C12H16FNO/c13-7-8-14-11-6-5-10-3-1-2-4-12(10)15-9-11/h1-4,11,14H,5-9H2. The van der Waals surface area contributed by atoms with Crippen molar-refractivity contribution in [3.8, 4) is 5.75 Å². The number of nitrogens with one attached hydrogen (secondary N) is 1. The van der Waals surface area contributed by atoms with Gasteiger partial charge in [0.05, 0.1) is 0 Å². The van der Waals surface area contributed by atoms with E-state index in [-0.39, 0.29) is 12.7 Å². The molecule has 0 fully saturated rings. The lowest BCUT2D eigenvalue weighted by Gasteiger charge is -2.14. The van der Waals surface area contributed by atoms with Crippen molar-refractivity contribution in [2.75, 3.05) is 19.8 Å². The summed E-state index contributed by atoms with van der Waals surface area (Å²) < 4.78 is 17.7. The Balaban J connectivity index is 1.96. The van der Waals surface area contributed by atoms with Gasteiger partial charge in [0, 0.05) is 12.6 Å². The third kappa shape index (κ3) is 2.69. The number of hydrogen-bond acceptors (Lipinski definition) is 2. The van der Waals surface area contributed by atoms with E-state index in [0.29, 0.717) is 13.2 Å². The first-order chi connectivity index (χ1) is 7.40. The van der Waals surface area contributed by atoms with Crippen LogP contribution in [0.25, 0.3) is 0 Å². The van der Waals surface area contributed by atoms with Crippen molar-refractivity contribution in [2.45, 2.75) is 18.9 Å². The zero-order valence-electron chi connectivity index (χ0n) is 8.71. The largest absolute Gasteiger partial charge is 0.492 e. The highest BCUT2D eigenvalue weighted by molar-refractivity contribution is 5.34. The molecule has 1 heterocycles. The number of rotatable bonds is 3. The second-order valence-electron chi connectivity index (χ2n) is 3.80. The first-order valence-corrected chi connectivity index (χ1v) is 5.40. The Bertz CT molecular complexity index is 289. The number of para-hydroxylation sites is 1. The summed E-state index contributed by atoms with van der Waals surface area (Å²) in [6.45, 7) is 0.741. The maximum atomic E-state index is 12.0. The van der Waals surface area contributed by atoms with E-state index < -0.39 is 0 Å². The minimum Gasteiger partial charge on any atom is -0.492 e. The van der Waals surface area contributed by atoms with Crippen LogP contribution in [0.5, 0.6) is 5.75 Å². The number of aryl methyl sites for hydroxylation is 1. The van der Waals surface area contributed by atoms with Gasteiger partial charge in [-0.2, -0.15) is 0 Å². The quantitative estimate of drug-likeness (QED) is 0.821. The van der Waals surface area contributed by atoms with Crippen LogP contribution in [0.3, 0.4) is 0 Å². The fourth-order valence-electron chi connectivity index (χ4n) is 1.87. The molecule has 1 aliphatic rings. The molecule has 0 aliphatic carbocycles. The smallest absolute Gasteiger partial charge is 0.122 e. The fourth-order valence-corrected chi connectivity index (χ4v) is 1.87. The minimum absolute atomic E-state index is 0.271. The van der Waals surface area contributed by atoms with Gasteiger partial charge in [-0.3, -0.25) is 0 Å². The minimum atomic E-state index is -0.316. The van der Waals surface area contributed by atoms with E-state index in [1.807, 2.05) is 18.2 Å². The van der Waals surface area contributed by atoms with E-state index in [9.17, 15) is 4.39 Å². The Labute approximate surface area is 89.4 Å². The van der Waals surface area contributed by atoms with Crippen LogP contribution in [-0.4, -0.2) is 25.9 Å². The number of halogens is 1. The average Bonchev–Trinajstić information content (AvgIpc) is 2.49. The SMILES string of the molecule is FCCNC1CCc2ccccc2OC1. The zero-order valence-corrected chi connectivity index (χ0v) is 8.71. The monoisotopic (exact) mass is 209 g/mol. The van der Waals surface area contributed by atoms with E-state index in [2.05, 4.69) is 11.4 Å². The van der Waals surface area contributed by atoms with Crippen molar-refractivity contribution >= 4 is 0 Å². The van der Waals surface area contributed by atoms with Crippen molar-refractivity contribution in [2.24, 2.45) is 0 Å². The van der Waals surface area contributed by atoms with Crippen molar-refractivity contribution < 1.29 is 9.13 Å². The molecule has 0 saturated carbocycles. The molecule has 0 radical (unpaired) electrons. The highest BCUT2D eigenvalue weighted by Gasteiger charge is 2.15. The third-order valence-electron chi connectivity index (χ3n) is 2.70. The Morgan fingerprint density at radius 1 is 1.40 bits per heavy atom. The predicted molar refractivity (Wildman–Crippen MR) is 58.0 cm³/mol. The zero-order chi connectivity index (χ0) is 10.5. The van der Waals surface area contributed by atoms with Gasteiger partial charge in [-0.05, 0) is 24.5 Å². The molecule has 1 aliphatic heterocycles. The topological polar surface area (TPSA) is 21.3 Å². The highest BCUT2D eigenvalue weighted by Crippen LogP contribution is 2.23. The first kappa shape index (κ1) is 10.4. The second-order valence-corrected chi connectivity index (χ2v) is 3.80. The van der Waals surface area contributed by atoms with Gasteiger partial charge in [0.1, 0.15) is 19.0 Å². The summed E-state index contributed by atoms with van der Waals surface area (Å²) in [5.74, 6) is 0.974. The maximum absolute atomic E-state index is 12.0. The number of alkyl halides is 1. The molecule has 2 rings (SSSR count). The van der Waals surface area contributed by atoms with Gasteiger partial charge in [-0.15, -0.1) is 0 Å². The molecular formula is C12H16FNO. The molecule has 82 valence electrons. The molecule has 0 amide bonds. The molecule has 3 heteroatoms. The molecular weight excluding hydrogens is 193 g/mol. The Morgan fingerprint density at radius 2 is 2.27 bits per heavy atom. The summed E-state index contributed by atoms with van der Waals surface area (Å²) in [7, 11) is 0. The van der Waals surface area contributed by atoms with Gasteiger partial charge in [-0.1, -0.05) is 18.2 Å². The van der Waals surface area contributed by atoms with E-state index in [4.69, 9.17) is 4.74 Å². The molecule has 0 saturated heterocycles. The molecule has 15 heavy (non-hydrogen) atoms. The van der Waals surface area contributed by atoms with E-state index in [1.54, 1.807) is 0 Å². The lowest BCUT2D eigenvalue weighted by Crippen LogP contribution is -2.35. The van der Waals surface area contributed by atoms with Gasteiger partial charge in [-0.25, -0.2) is 4.39 Å². The van der Waals surface area contributed by atoms with Crippen LogP contribution in [0, 0.1) is 0 Å². The summed E-state index contributed by atoms with van der Waals surface area (Å²) in [6.07, 6.45) is 2.01. The summed E-state index contributed by atoms with van der Waals surface area (Å²) in [5.41, 5.74) is 1.25. The number of benzene rings is 1. The molecule has 2 nitrogen and oxygen atoms in total. The van der Waals surface area contributed by atoms with Gasteiger partial charge in [0.25, 0.3) is 0 Å². The number of ether oxygens (including phenoxy) is 1. The van der Waals surface area contributed by atoms with E-state index in [0.717, 1.165) is 18.6 Å². The first-order valence-electron chi connectivity index (χ1n) is 5.40. The molecule has 1 aromatic carbocycles. The molecule has 1 unspecified atom stereocenters. The number of fused-ring (bicyclic) bond motifs is 1. The lowest BCUT2D eigenvalue weighted by atomic mass is 10.1. The molecule has 0 spiro atoms. The van der Waals surface area contributed by atoms with Crippen LogP contribution >= 0.6 is 0 Å². The van der Waals surface area contributed by atoms with Crippen LogP contribution in [0.15, 0.2) is 24.3 Å². The van der Waals surface area contributed by atoms with Crippen molar-refractivity contribution in [1.82, 2.24) is 5.32 Å². The van der Waals surface area contributed by atoms with Crippen molar-refractivity contribution in [1.29, 1.82) is 0 Å². The average molecular weight is 209 g/mol. The third-order valence-corrected chi connectivity index (χ3v) is 2.70. The van der Waals surface area contributed by atoms with Crippen LogP contribution < -0.4 is 10.1 Å². The Hall–Kier alpha value is -1.09. The Kier molecular flexibility index (Phi) is 3.56. The summed E-state index contributed by atoms with van der Waals surface area (Å²) in [6, 6.07) is 8.36. The predicted octanol–water partition coefficient (Wildman–Crippen LogP) is 1.94. The summed E-state index contributed by atoms with van der Waals surface area (Å²) in [5, 5.41) is 3.15. The molecule has 1 atom stereocenters. The Morgan fingerprint density at radius 3 is 3.13 bits per heavy atom. The molecule has 1 N–H and O–H groups in total. The van der Waals surface area contributed by atoms with Crippen molar-refractivity contribution in [3.63, 3.8) is 0 Å². The summed E-state index contributed by atoms with van der Waals surface area (Å²) >= 11 is 0. The lowest BCUT2D eigenvalue weighted by molar-refractivity contribution is 0.264. The number of hydrogen-bond donors (Lipinski definition) is 1. The van der Waals surface area contributed by atoms with E-state index in [1.165, 1.54) is 5.56 Å². The maximum Gasteiger partial charge on any atom is 0.122 e. The van der Waals surface area contributed by atoms with Crippen LogP contribution in [0.2, 0.25) is 0 Å². The van der Waals surface area contributed by atoms with Gasteiger partial charge < -0.3 is 10.1 Å². The van der Waals surface area contributed by atoms with Crippen molar-refractivity contribution in [3.05, 3.63) is 29.8 Å². The summed E-state index contributed by atoms with van der Waals surface area (Å²) in [4.78, 5) is 0.